The van der Waals surface area contributed by atoms with E-state index in [4.69, 9.17) is 16.3 Å². The van der Waals surface area contributed by atoms with Gasteiger partial charge in [-0.1, -0.05) is 11.6 Å². The molecule has 0 unspecified atom stereocenters. The molecule has 0 radical (unpaired) electrons. The molecule has 9 heteroatoms. The summed E-state index contributed by atoms with van der Waals surface area (Å²) in [7, 11) is 3.70. The Balaban J connectivity index is 1.36. The highest BCUT2D eigenvalue weighted by Gasteiger charge is 2.25. The molecule has 4 rings (SSSR count). The highest BCUT2D eigenvalue weighted by Crippen LogP contribution is 2.25. The van der Waals surface area contributed by atoms with E-state index in [-0.39, 0.29) is 5.91 Å². The summed E-state index contributed by atoms with van der Waals surface area (Å²) in [6.45, 7) is 6.64. The van der Waals surface area contributed by atoms with Crippen LogP contribution < -0.4 is 14.5 Å². The fourth-order valence-electron chi connectivity index (χ4n) is 3.85. The van der Waals surface area contributed by atoms with Crippen molar-refractivity contribution in [2.24, 2.45) is 0 Å². The topological polar surface area (TPSA) is 65.0 Å². The average Bonchev–Trinajstić information content (AvgIpc) is 2.79. The molecule has 2 aliphatic rings. The fraction of sp³-hybridized carbons (Fsp3) is 0.476. The summed E-state index contributed by atoms with van der Waals surface area (Å²) in [4.78, 5) is 21.5. The summed E-state index contributed by atoms with van der Waals surface area (Å²) in [5, 5.41) is 9.41. The SMILES string of the molecule is COc1ccc(Cl)cc1C(=O)N1CCN(c2ccc(N3CCN(C)CC3)nn2)CC1. The number of hydrogen-bond acceptors (Lipinski definition) is 7. The van der Waals surface area contributed by atoms with Crippen molar-refractivity contribution in [1.82, 2.24) is 20.0 Å². The Morgan fingerprint density at radius 1 is 0.900 bits per heavy atom. The first-order valence-corrected chi connectivity index (χ1v) is 10.6. The molecule has 2 saturated heterocycles. The van der Waals surface area contributed by atoms with Gasteiger partial charge in [-0.2, -0.15) is 0 Å². The highest BCUT2D eigenvalue weighted by molar-refractivity contribution is 6.31. The highest BCUT2D eigenvalue weighted by atomic mass is 35.5. The van der Waals surface area contributed by atoms with E-state index in [1.165, 1.54) is 0 Å². The summed E-state index contributed by atoms with van der Waals surface area (Å²) in [5.74, 6) is 2.25. The lowest BCUT2D eigenvalue weighted by atomic mass is 10.1. The second-order valence-electron chi connectivity index (χ2n) is 7.66. The summed E-state index contributed by atoms with van der Waals surface area (Å²) < 4.78 is 5.33. The third-order valence-corrected chi connectivity index (χ3v) is 5.98. The molecule has 0 spiro atoms. The van der Waals surface area contributed by atoms with Crippen molar-refractivity contribution in [2.75, 3.05) is 76.3 Å². The molecular formula is C21H27ClN6O2. The van der Waals surface area contributed by atoms with Gasteiger partial charge in [-0.05, 0) is 37.4 Å². The Morgan fingerprint density at radius 2 is 1.47 bits per heavy atom. The number of carbonyl (C=O) groups excluding carboxylic acids is 1. The number of piperazine rings is 2. The van der Waals surface area contributed by atoms with Crippen LogP contribution in [0.15, 0.2) is 30.3 Å². The van der Waals surface area contributed by atoms with Gasteiger partial charge in [-0.25, -0.2) is 0 Å². The first-order chi connectivity index (χ1) is 14.5. The van der Waals surface area contributed by atoms with Gasteiger partial charge in [0, 0.05) is 57.4 Å². The lowest BCUT2D eigenvalue weighted by Gasteiger charge is -2.36. The second-order valence-corrected chi connectivity index (χ2v) is 8.10. The number of amides is 1. The van der Waals surface area contributed by atoms with Gasteiger partial charge in [-0.3, -0.25) is 4.79 Å². The number of nitrogens with zero attached hydrogens (tertiary/aromatic N) is 6. The number of aromatic nitrogens is 2. The monoisotopic (exact) mass is 430 g/mol. The molecule has 0 aliphatic carbocycles. The van der Waals surface area contributed by atoms with E-state index in [0.717, 1.165) is 37.8 Å². The van der Waals surface area contributed by atoms with Crippen LogP contribution in [0.2, 0.25) is 5.02 Å². The molecule has 1 aromatic heterocycles. The molecule has 1 aromatic carbocycles. The number of halogens is 1. The maximum atomic E-state index is 12.9. The molecule has 0 saturated carbocycles. The van der Waals surface area contributed by atoms with E-state index in [1.807, 2.05) is 17.0 Å². The minimum Gasteiger partial charge on any atom is -0.496 e. The zero-order valence-electron chi connectivity index (χ0n) is 17.4. The van der Waals surface area contributed by atoms with Crippen molar-refractivity contribution in [1.29, 1.82) is 0 Å². The molecule has 0 N–H and O–H groups in total. The number of anilines is 2. The molecule has 2 aliphatic heterocycles. The van der Waals surface area contributed by atoms with Crippen LogP contribution in [0.4, 0.5) is 11.6 Å². The van der Waals surface area contributed by atoms with E-state index in [2.05, 4.69) is 31.9 Å². The Labute approximate surface area is 182 Å². The zero-order valence-corrected chi connectivity index (χ0v) is 18.2. The zero-order chi connectivity index (χ0) is 21.1. The number of benzene rings is 1. The summed E-state index contributed by atoms with van der Waals surface area (Å²) >= 11 is 6.08. The number of carbonyl (C=O) groups is 1. The third kappa shape index (κ3) is 4.44. The Kier molecular flexibility index (Phi) is 6.24. The van der Waals surface area contributed by atoms with Crippen LogP contribution in [0, 0.1) is 0 Å². The van der Waals surface area contributed by atoms with Gasteiger partial charge >= 0.3 is 0 Å². The maximum absolute atomic E-state index is 12.9. The predicted octanol–water partition coefficient (Wildman–Crippen LogP) is 1.85. The predicted molar refractivity (Wildman–Crippen MR) is 118 cm³/mol. The standard InChI is InChI=1S/C21H27ClN6O2/c1-25-7-9-26(10-8-25)19-5-6-20(24-23-19)27-11-13-28(14-12-27)21(29)17-15-16(22)3-4-18(17)30-2/h3-6,15H,7-14H2,1-2H3. The maximum Gasteiger partial charge on any atom is 0.257 e. The van der Waals surface area contributed by atoms with Crippen LogP contribution in [0.25, 0.3) is 0 Å². The van der Waals surface area contributed by atoms with E-state index in [9.17, 15) is 4.79 Å². The van der Waals surface area contributed by atoms with Crippen LogP contribution in [0.3, 0.4) is 0 Å². The van der Waals surface area contributed by atoms with E-state index in [0.29, 0.717) is 42.5 Å². The average molecular weight is 431 g/mol. The van der Waals surface area contributed by atoms with Gasteiger partial charge < -0.3 is 24.3 Å². The molecular weight excluding hydrogens is 404 g/mol. The molecule has 3 heterocycles. The van der Waals surface area contributed by atoms with E-state index >= 15 is 0 Å². The van der Waals surface area contributed by atoms with Crippen LogP contribution in [-0.2, 0) is 0 Å². The van der Waals surface area contributed by atoms with Gasteiger partial charge in [0.15, 0.2) is 11.6 Å². The number of rotatable bonds is 4. The number of hydrogen-bond donors (Lipinski definition) is 0. The lowest BCUT2D eigenvalue weighted by molar-refractivity contribution is 0.0743. The quantitative estimate of drug-likeness (QED) is 0.733. The van der Waals surface area contributed by atoms with Crippen LogP contribution in [0.1, 0.15) is 10.4 Å². The van der Waals surface area contributed by atoms with Gasteiger partial charge in [-0.15, -0.1) is 10.2 Å². The Morgan fingerprint density at radius 3 is 2.00 bits per heavy atom. The molecule has 0 atom stereocenters. The number of methoxy groups -OCH3 is 1. The van der Waals surface area contributed by atoms with Gasteiger partial charge in [0.1, 0.15) is 5.75 Å². The van der Waals surface area contributed by atoms with Gasteiger partial charge in [0.05, 0.1) is 12.7 Å². The number of likely N-dealkylation sites (N-methyl/N-ethyl adjacent to an activating group) is 1. The molecule has 0 bridgehead atoms. The molecule has 8 nitrogen and oxygen atoms in total. The smallest absolute Gasteiger partial charge is 0.257 e. The lowest BCUT2D eigenvalue weighted by Crippen LogP contribution is -2.49. The summed E-state index contributed by atoms with van der Waals surface area (Å²) in [5.41, 5.74) is 0.495. The van der Waals surface area contributed by atoms with Gasteiger partial charge in [0.2, 0.25) is 0 Å². The van der Waals surface area contributed by atoms with Crippen LogP contribution >= 0.6 is 11.6 Å². The largest absolute Gasteiger partial charge is 0.496 e. The Bertz CT molecular complexity index is 878. The van der Waals surface area contributed by atoms with Crippen molar-refractivity contribution >= 4 is 29.1 Å². The minimum absolute atomic E-state index is 0.0644. The van der Waals surface area contributed by atoms with Crippen molar-refractivity contribution in [3.05, 3.63) is 40.9 Å². The van der Waals surface area contributed by atoms with Crippen LogP contribution in [0.5, 0.6) is 5.75 Å². The summed E-state index contributed by atoms with van der Waals surface area (Å²) in [6.07, 6.45) is 0. The van der Waals surface area contributed by atoms with Gasteiger partial charge in [0.25, 0.3) is 5.91 Å². The molecule has 2 aromatic rings. The van der Waals surface area contributed by atoms with E-state index in [1.54, 1.807) is 25.3 Å². The summed E-state index contributed by atoms with van der Waals surface area (Å²) in [6, 6.07) is 9.18. The minimum atomic E-state index is -0.0644. The van der Waals surface area contributed by atoms with Crippen molar-refractivity contribution in [2.45, 2.75) is 0 Å². The second kappa shape index (κ2) is 9.06. The molecule has 1 amide bonds. The third-order valence-electron chi connectivity index (χ3n) is 5.75. The first kappa shape index (κ1) is 20.7. The van der Waals surface area contributed by atoms with E-state index < -0.39 is 0 Å². The molecule has 30 heavy (non-hydrogen) atoms. The van der Waals surface area contributed by atoms with Crippen molar-refractivity contribution < 1.29 is 9.53 Å². The van der Waals surface area contributed by atoms with Crippen molar-refractivity contribution in [3.63, 3.8) is 0 Å². The van der Waals surface area contributed by atoms with Crippen molar-refractivity contribution in [3.8, 4) is 5.75 Å². The van der Waals surface area contributed by atoms with Crippen LogP contribution in [-0.4, -0.2) is 92.4 Å². The molecule has 2 fully saturated rings. The molecule has 160 valence electrons. The number of ether oxygens (including phenoxy) is 1. The fourth-order valence-corrected chi connectivity index (χ4v) is 4.02. The Hall–Kier alpha value is -2.58. The first-order valence-electron chi connectivity index (χ1n) is 10.2. The normalized spacial score (nSPS) is 17.9.